The molecule has 0 bridgehead atoms. The predicted octanol–water partition coefficient (Wildman–Crippen LogP) is 1.52. The summed E-state index contributed by atoms with van der Waals surface area (Å²) < 4.78 is 10.9. The number of hydrogen-bond acceptors (Lipinski definition) is 6. The Labute approximate surface area is 135 Å². The van der Waals surface area contributed by atoms with E-state index in [1.807, 2.05) is 6.92 Å². The van der Waals surface area contributed by atoms with E-state index in [9.17, 15) is 5.11 Å². The molecule has 0 spiro atoms. The molecule has 0 saturated carbocycles. The number of ether oxygens (including phenoxy) is 1. The lowest BCUT2D eigenvalue weighted by Crippen LogP contribution is -2.21. The second-order valence-electron chi connectivity index (χ2n) is 6.46. The molecule has 0 amide bonds. The Balaban J connectivity index is 1.48. The van der Waals surface area contributed by atoms with Crippen molar-refractivity contribution < 1.29 is 14.4 Å². The normalized spacial score (nSPS) is 23.9. The lowest BCUT2D eigenvalue weighted by Gasteiger charge is -2.16. The maximum atomic E-state index is 9.68. The minimum Gasteiger partial charge on any atom is -0.493 e. The van der Waals surface area contributed by atoms with Gasteiger partial charge in [0, 0.05) is 38.6 Å². The number of nitrogens with zero attached hydrogens (tertiary/aromatic N) is 3. The van der Waals surface area contributed by atoms with Gasteiger partial charge < -0.3 is 14.4 Å². The SMILES string of the molecule is Cc1noc([C@@H]2CN(Cc3ccc4c(c3)CCO4)C[C@H]2CO)n1. The fraction of sp³-hybridized carbons (Fsp3) is 0.529. The van der Waals surface area contributed by atoms with Crippen LogP contribution in [0.5, 0.6) is 5.75 Å². The van der Waals surface area contributed by atoms with Crippen LogP contribution in [0.25, 0.3) is 0 Å². The molecule has 3 heterocycles. The summed E-state index contributed by atoms with van der Waals surface area (Å²) in [4.78, 5) is 6.70. The average Bonchev–Trinajstić information content (AvgIpc) is 3.25. The zero-order valence-electron chi connectivity index (χ0n) is 13.2. The van der Waals surface area contributed by atoms with Crippen molar-refractivity contribution in [2.75, 3.05) is 26.3 Å². The molecule has 122 valence electrons. The van der Waals surface area contributed by atoms with Crippen LogP contribution >= 0.6 is 0 Å². The first-order valence-corrected chi connectivity index (χ1v) is 8.11. The zero-order valence-corrected chi connectivity index (χ0v) is 13.2. The van der Waals surface area contributed by atoms with E-state index >= 15 is 0 Å². The Morgan fingerprint density at radius 2 is 2.26 bits per heavy atom. The van der Waals surface area contributed by atoms with Crippen LogP contribution in [0.3, 0.4) is 0 Å². The topological polar surface area (TPSA) is 71.6 Å². The molecule has 1 aromatic heterocycles. The lowest BCUT2D eigenvalue weighted by molar-refractivity contribution is 0.205. The molecular weight excluding hydrogens is 294 g/mol. The number of benzene rings is 1. The third-order valence-electron chi connectivity index (χ3n) is 4.77. The number of aliphatic hydroxyl groups is 1. The molecule has 6 nitrogen and oxygen atoms in total. The van der Waals surface area contributed by atoms with Gasteiger partial charge in [0.1, 0.15) is 5.75 Å². The van der Waals surface area contributed by atoms with Gasteiger partial charge in [-0.1, -0.05) is 17.3 Å². The third kappa shape index (κ3) is 2.84. The number of fused-ring (bicyclic) bond motifs is 1. The summed E-state index contributed by atoms with van der Waals surface area (Å²) in [6.45, 7) is 5.29. The third-order valence-corrected chi connectivity index (χ3v) is 4.77. The van der Waals surface area contributed by atoms with Crippen molar-refractivity contribution >= 4 is 0 Å². The second kappa shape index (κ2) is 5.94. The van der Waals surface area contributed by atoms with Crippen molar-refractivity contribution in [2.45, 2.75) is 25.8 Å². The van der Waals surface area contributed by atoms with Crippen LogP contribution in [-0.2, 0) is 13.0 Å². The molecule has 2 aliphatic rings. The number of hydrogen-bond donors (Lipinski definition) is 1. The van der Waals surface area contributed by atoms with Crippen LogP contribution in [-0.4, -0.2) is 46.5 Å². The molecule has 0 radical (unpaired) electrons. The lowest BCUT2D eigenvalue weighted by atomic mass is 9.97. The largest absolute Gasteiger partial charge is 0.493 e. The van der Waals surface area contributed by atoms with E-state index in [1.165, 1.54) is 11.1 Å². The van der Waals surface area contributed by atoms with Gasteiger partial charge in [0.2, 0.25) is 5.89 Å². The van der Waals surface area contributed by atoms with Gasteiger partial charge in [-0.05, 0) is 24.1 Å². The second-order valence-corrected chi connectivity index (χ2v) is 6.46. The fourth-order valence-electron chi connectivity index (χ4n) is 3.61. The van der Waals surface area contributed by atoms with E-state index in [2.05, 4.69) is 33.2 Å². The van der Waals surface area contributed by atoms with E-state index < -0.39 is 0 Å². The van der Waals surface area contributed by atoms with Gasteiger partial charge in [0.25, 0.3) is 0 Å². The first-order chi connectivity index (χ1) is 11.2. The average molecular weight is 315 g/mol. The van der Waals surface area contributed by atoms with E-state index in [0.29, 0.717) is 11.7 Å². The van der Waals surface area contributed by atoms with Crippen molar-refractivity contribution in [3.05, 3.63) is 41.0 Å². The van der Waals surface area contributed by atoms with Gasteiger partial charge in [0.15, 0.2) is 5.82 Å². The Kier molecular flexibility index (Phi) is 3.79. The number of aromatic nitrogens is 2. The van der Waals surface area contributed by atoms with Crippen molar-refractivity contribution in [3.63, 3.8) is 0 Å². The van der Waals surface area contributed by atoms with E-state index in [0.717, 1.165) is 38.4 Å². The van der Waals surface area contributed by atoms with E-state index in [1.54, 1.807) is 0 Å². The number of likely N-dealkylation sites (tertiary alicyclic amines) is 1. The van der Waals surface area contributed by atoms with E-state index in [-0.39, 0.29) is 18.4 Å². The van der Waals surface area contributed by atoms with Gasteiger partial charge in [-0.15, -0.1) is 0 Å². The minimum atomic E-state index is 0.110. The summed E-state index contributed by atoms with van der Waals surface area (Å²) in [6.07, 6.45) is 0.992. The van der Waals surface area contributed by atoms with Crippen molar-refractivity contribution in [3.8, 4) is 5.75 Å². The molecule has 2 aliphatic heterocycles. The van der Waals surface area contributed by atoms with E-state index in [4.69, 9.17) is 9.26 Å². The Morgan fingerprint density at radius 1 is 1.35 bits per heavy atom. The summed E-state index contributed by atoms with van der Waals surface area (Å²) in [7, 11) is 0. The highest BCUT2D eigenvalue weighted by atomic mass is 16.5. The minimum absolute atomic E-state index is 0.110. The standard InChI is InChI=1S/C17H21N3O3/c1-11-18-17(23-19-11)15-9-20(8-14(15)10-21)7-12-2-3-16-13(6-12)4-5-22-16/h2-3,6,14-15,21H,4-5,7-10H2,1H3/t14-,15+/m0/s1. The molecule has 1 fully saturated rings. The molecule has 1 aromatic carbocycles. The van der Waals surface area contributed by atoms with Gasteiger partial charge in [-0.2, -0.15) is 4.98 Å². The molecule has 23 heavy (non-hydrogen) atoms. The smallest absolute Gasteiger partial charge is 0.231 e. The number of aliphatic hydroxyl groups excluding tert-OH is 1. The van der Waals surface area contributed by atoms with Gasteiger partial charge in [-0.3, -0.25) is 4.90 Å². The first-order valence-electron chi connectivity index (χ1n) is 8.11. The predicted molar refractivity (Wildman–Crippen MR) is 83.3 cm³/mol. The molecule has 6 heteroatoms. The summed E-state index contributed by atoms with van der Waals surface area (Å²) in [5.41, 5.74) is 2.58. The Hall–Kier alpha value is -1.92. The summed E-state index contributed by atoms with van der Waals surface area (Å²) in [5, 5.41) is 13.6. The molecule has 4 rings (SSSR count). The molecule has 0 aliphatic carbocycles. The van der Waals surface area contributed by atoms with Gasteiger partial charge >= 0.3 is 0 Å². The number of aryl methyl sites for hydroxylation is 1. The quantitative estimate of drug-likeness (QED) is 0.922. The van der Waals surface area contributed by atoms with Crippen LogP contribution in [0.15, 0.2) is 22.7 Å². The zero-order chi connectivity index (χ0) is 15.8. The molecule has 2 aromatic rings. The van der Waals surface area contributed by atoms with Crippen LogP contribution < -0.4 is 4.74 Å². The van der Waals surface area contributed by atoms with Crippen molar-refractivity contribution in [2.24, 2.45) is 5.92 Å². The van der Waals surface area contributed by atoms with Crippen molar-refractivity contribution in [1.82, 2.24) is 15.0 Å². The summed E-state index contributed by atoms with van der Waals surface area (Å²) in [6, 6.07) is 6.43. The fourth-order valence-corrected chi connectivity index (χ4v) is 3.61. The van der Waals surface area contributed by atoms with Gasteiger partial charge in [-0.25, -0.2) is 0 Å². The van der Waals surface area contributed by atoms with Crippen LogP contribution in [0.2, 0.25) is 0 Å². The maximum absolute atomic E-state index is 9.68. The Morgan fingerprint density at radius 3 is 3.04 bits per heavy atom. The molecular formula is C17H21N3O3. The monoisotopic (exact) mass is 315 g/mol. The molecule has 1 N–H and O–H groups in total. The van der Waals surface area contributed by atoms with Crippen LogP contribution in [0.4, 0.5) is 0 Å². The first kappa shape index (κ1) is 14.7. The summed E-state index contributed by atoms with van der Waals surface area (Å²) >= 11 is 0. The van der Waals surface area contributed by atoms with Crippen LogP contribution in [0.1, 0.15) is 28.8 Å². The highest BCUT2D eigenvalue weighted by Crippen LogP contribution is 2.33. The Bertz CT molecular complexity index is 700. The summed E-state index contributed by atoms with van der Waals surface area (Å²) in [5.74, 6) is 2.56. The van der Waals surface area contributed by atoms with Gasteiger partial charge in [0.05, 0.1) is 12.5 Å². The highest BCUT2D eigenvalue weighted by molar-refractivity contribution is 5.39. The highest BCUT2D eigenvalue weighted by Gasteiger charge is 2.36. The van der Waals surface area contributed by atoms with Crippen molar-refractivity contribution in [1.29, 1.82) is 0 Å². The number of rotatable bonds is 4. The van der Waals surface area contributed by atoms with Crippen LogP contribution in [0, 0.1) is 12.8 Å². The molecule has 1 saturated heterocycles. The maximum Gasteiger partial charge on any atom is 0.231 e. The molecule has 2 atom stereocenters. The molecule has 0 unspecified atom stereocenters.